The van der Waals surface area contributed by atoms with Crippen LogP contribution in [0.3, 0.4) is 0 Å². The van der Waals surface area contributed by atoms with Gasteiger partial charge in [0.05, 0.1) is 0 Å². The number of benzene rings is 1. The molecule has 0 saturated heterocycles. The highest BCUT2D eigenvalue weighted by molar-refractivity contribution is 5.90. The molecule has 1 rings (SSSR count). The van der Waals surface area contributed by atoms with E-state index in [4.69, 9.17) is 5.73 Å². The highest BCUT2D eigenvalue weighted by atomic mass is 19.3. The molecule has 3 nitrogen and oxygen atoms in total. The average molecular weight is 263 g/mol. The van der Waals surface area contributed by atoms with Gasteiger partial charge in [0.1, 0.15) is 5.75 Å². The third kappa shape index (κ3) is 4.08. The summed E-state index contributed by atoms with van der Waals surface area (Å²) >= 11 is 0. The lowest BCUT2D eigenvalue weighted by Crippen LogP contribution is -2.33. The second-order valence-corrected chi connectivity index (χ2v) is 3.27. The fourth-order valence-electron chi connectivity index (χ4n) is 1.06. The van der Waals surface area contributed by atoms with Gasteiger partial charge in [-0.25, -0.2) is 0 Å². The van der Waals surface area contributed by atoms with Gasteiger partial charge in [-0.3, -0.25) is 4.79 Å². The number of rotatable bonds is 5. The quantitative estimate of drug-likeness (QED) is 0.655. The summed E-state index contributed by atoms with van der Waals surface area (Å²) in [7, 11) is 0. The monoisotopic (exact) mass is 263 g/mol. The molecule has 0 aliphatic carbocycles. The highest BCUT2D eigenvalue weighted by Crippen LogP contribution is 2.27. The van der Waals surface area contributed by atoms with Crippen molar-refractivity contribution in [2.24, 2.45) is 5.73 Å². The fourth-order valence-corrected chi connectivity index (χ4v) is 1.06. The van der Waals surface area contributed by atoms with E-state index in [9.17, 15) is 22.4 Å². The van der Waals surface area contributed by atoms with Crippen LogP contribution in [0.1, 0.15) is 5.56 Å². The Bertz CT molecular complexity index is 460. The number of hydrogen-bond acceptors (Lipinski definition) is 2. The van der Waals surface area contributed by atoms with E-state index in [0.717, 1.165) is 18.2 Å². The molecule has 2 N–H and O–H groups in total. The normalized spacial score (nSPS) is 12.1. The molecule has 7 heteroatoms. The van der Waals surface area contributed by atoms with Gasteiger partial charge in [-0.1, -0.05) is 12.1 Å². The van der Waals surface area contributed by atoms with Gasteiger partial charge in [-0.05, 0) is 23.8 Å². The van der Waals surface area contributed by atoms with E-state index in [1.165, 1.54) is 18.2 Å². The Morgan fingerprint density at radius 3 is 2.61 bits per heavy atom. The van der Waals surface area contributed by atoms with E-state index in [1.54, 1.807) is 0 Å². The molecular weight excluding hydrogens is 254 g/mol. The SMILES string of the molecule is NC(=O)/C=C\c1cccc(OC(F)(F)C(F)F)c1. The van der Waals surface area contributed by atoms with E-state index in [2.05, 4.69) is 4.74 Å². The molecule has 0 unspecified atom stereocenters. The lowest BCUT2D eigenvalue weighted by molar-refractivity contribution is -0.253. The van der Waals surface area contributed by atoms with E-state index >= 15 is 0 Å². The third-order valence-corrected chi connectivity index (χ3v) is 1.81. The van der Waals surface area contributed by atoms with Crippen LogP contribution in [0.2, 0.25) is 0 Å². The Morgan fingerprint density at radius 2 is 2.06 bits per heavy atom. The van der Waals surface area contributed by atoms with Crippen LogP contribution >= 0.6 is 0 Å². The third-order valence-electron chi connectivity index (χ3n) is 1.81. The summed E-state index contributed by atoms with van der Waals surface area (Å²) in [5.74, 6) is -1.16. The number of ether oxygens (including phenoxy) is 1. The number of alkyl halides is 4. The highest BCUT2D eigenvalue weighted by Gasteiger charge is 2.43. The summed E-state index contributed by atoms with van der Waals surface area (Å²) in [6.45, 7) is 0. The summed E-state index contributed by atoms with van der Waals surface area (Å²) in [5.41, 5.74) is 5.16. The Kier molecular flexibility index (Phi) is 4.30. The predicted molar refractivity (Wildman–Crippen MR) is 56.2 cm³/mol. The molecular formula is C11H9F4NO2. The van der Waals surface area contributed by atoms with Crippen molar-refractivity contribution in [1.29, 1.82) is 0 Å². The minimum Gasteiger partial charge on any atom is -0.428 e. The number of hydrogen-bond donors (Lipinski definition) is 1. The predicted octanol–water partition coefficient (Wildman–Crippen LogP) is 2.42. The molecule has 0 saturated carbocycles. The van der Waals surface area contributed by atoms with E-state index in [0.29, 0.717) is 5.56 Å². The number of amides is 1. The minimum absolute atomic E-state index is 0.316. The Morgan fingerprint density at radius 1 is 1.39 bits per heavy atom. The Balaban J connectivity index is 2.86. The molecule has 1 aromatic carbocycles. The standard InChI is InChI=1S/C11H9F4NO2/c12-10(13)11(14,15)18-8-3-1-2-7(6-8)4-5-9(16)17/h1-6,10H,(H2,16,17)/b5-4-. The largest absolute Gasteiger partial charge is 0.461 e. The fraction of sp³-hybridized carbons (Fsp3) is 0.182. The Hall–Kier alpha value is -2.05. The number of primary amides is 1. The summed E-state index contributed by atoms with van der Waals surface area (Å²) in [4.78, 5) is 10.5. The maximum absolute atomic E-state index is 12.6. The molecule has 18 heavy (non-hydrogen) atoms. The molecule has 0 aliphatic rings. The molecule has 0 atom stereocenters. The first-order valence-corrected chi connectivity index (χ1v) is 4.74. The Labute approximate surface area is 99.8 Å². The van der Waals surface area contributed by atoms with Crippen LogP contribution in [0, 0.1) is 0 Å². The summed E-state index contributed by atoms with van der Waals surface area (Å²) in [6.07, 6.45) is -6.24. The summed E-state index contributed by atoms with van der Waals surface area (Å²) in [5, 5.41) is 0. The second-order valence-electron chi connectivity index (χ2n) is 3.27. The zero-order valence-electron chi connectivity index (χ0n) is 8.95. The van der Waals surface area contributed by atoms with Gasteiger partial charge in [0.2, 0.25) is 5.91 Å². The summed E-state index contributed by atoms with van der Waals surface area (Å²) < 4.78 is 52.9. The van der Waals surface area contributed by atoms with Crippen molar-refractivity contribution in [3.05, 3.63) is 35.9 Å². The first-order valence-electron chi connectivity index (χ1n) is 4.74. The van der Waals surface area contributed by atoms with Gasteiger partial charge in [0.25, 0.3) is 0 Å². The van der Waals surface area contributed by atoms with Crippen molar-refractivity contribution in [2.45, 2.75) is 12.5 Å². The van der Waals surface area contributed by atoms with Crippen molar-refractivity contribution >= 4 is 12.0 Å². The van der Waals surface area contributed by atoms with Gasteiger partial charge < -0.3 is 10.5 Å². The van der Waals surface area contributed by atoms with Gasteiger partial charge in [-0.2, -0.15) is 17.6 Å². The molecule has 0 bridgehead atoms. The molecule has 98 valence electrons. The minimum atomic E-state index is -4.56. The topological polar surface area (TPSA) is 52.3 Å². The van der Waals surface area contributed by atoms with Crippen LogP contribution in [0.5, 0.6) is 5.75 Å². The lowest BCUT2D eigenvalue weighted by atomic mass is 10.2. The lowest BCUT2D eigenvalue weighted by Gasteiger charge is -2.16. The van der Waals surface area contributed by atoms with Gasteiger partial charge in [0, 0.05) is 6.08 Å². The van der Waals surface area contributed by atoms with E-state index < -0.39 is 24.2 Å². The molecule has 0 spiro atoms. The van der Waals surface area contributed by atoms with E-state index in [-0.39, 0.29) is 0 Å². The van der Waals surface area contributed by atoms with Gasteiger partial charge in [0.15, 0.2) is 0 Å². The van der Waals surface area contributed by atoms with Crippen LogP contribution < -0.4 is 10.5 Å². The molecule has 1 amide bonds. The number of carbonyl (C=O) groups excluding carboxylic acids is 1. The molecule has 0 aliphatic heterocycles. The maximum atomic E-state index is 12.6. The van der Waals surface area contributed by atoms with Crippen LogP contribution in [-0.2, 0) is 4.79 Å². The van der Waals surface area contributed by atoms with Crippen molar-refractivity contribution in [3.8, 4) is 5.75 Å². The first kappa shape index (κ1) is 14.0. The van der Waals surface area contributed by atoms with Crippen molar-refractivity contribution < 1.29 is 27.1 Å². The second kappa shape index (κ2) is 5.52. The molecule has 0 aromatic heterocycles. The smallest absolute Gasteiger partial charge is 0.428 e. The molecule has 0 fully saturated rings. The molecule has 1 aromatic rings. The van der Waals surface area contributed by atoms with Gasteiger partial charge >= 0.3 is 12.5 Å². The van der Waals surface area contributed by atoms with Crippen molar-refractivity contribution in [3.63, 3.8) is 0 Å². The zero-order valence-corrected chi connectivity index (χ0v) is 8.95. The maximum Gasteiger partial charge on any atom is 0.461 e. The molecule has 0 radical (unpaired) electrons. The number of halogens is 4. The summed E-state index contributed by atoms with van der Waals surface area (Å²) in [6, 6.07) is 4.96. The van der Waals surface area contributed by atoms with Crippen molar-refractivity contribution in [1.82, 2.24) is 0 Å². The number of nitrogens with two attached hydrogens (primary N) is 1. The zero-order chi connectivity index (χ0) is 13.8. The average Bonchev–Trinajstić information content (AvgIpc) is 2.26. The van der Waals surface area contributed by atoms with Crippen LogP contribution in [0.25, 0.3) is 6.08 Å². The van der Waals surface area contributed by atoms with Crippen LogP contribution in [0.4, 0.5) is 17.6 Å². The van der Waals surface area contributed by atoms with Crippen LogP contribution in [0.15, 0.2) is 30.3 Å². The van der Waals surface area contributed by atoms with Gasteiger partial charge in [-0.15, -0.1) is 0 Å². The van der Waals surface area contributed by atoms with E-state index in [1.807, 2.05) is 0 Å². The molecule has 0 heterocycles. The van der Waals surface area contributed by atoms with Crippen LogP contribution in [-0.4, -0.2) is 18.4 Å². The number of carbonyl (C=O) groups is 1. The first-order chi connectivity index (χ1) is 8.31. The van der Waals surface area contributed by atoms with Crippen molar-refractivity contribution in [2.75, 3.05) is 0 Å².